The van der Waals surface area contributed by atoms with Gasteiger partial charge in [-0.05, 0) is 18.8 Å². The highest BCUT2D eigenvalue weighted by molar-refractivity contribution is 7.80. The molecule has 0 aliphatic rings. The third-order valence-electron chi connectivity index (χ3n) is 3.08. The summed E-state index contributed by atoms with van der Waals surface area (Å²) in [7, 11) is 0. The minimum absolute atomic E-state index is 0.0208. The van der Waals surface area contributed by atoms with Crippen LogP contribution in [0.4, 0.5) is 0 Å². The van der Waals surface area contributed by atoms with Gasteiger partial charge in [0.25, 0.3) is 0 Å². The molecule has 0 radical (unpaired) electrons. The molecule has 0 fully saturated rings. The molecule has 0 aliphatic heterocycles. The second-order valence-electron chi connectivity index (χ2n) is 7.07. The van der Waals surface area contributed by atoms with Gasteiger partial charge in [0.1, 0.15) is 24.2 Å². The first-order chi connectivity index (χ1) is 15.2. The largest absolute Gasteiger partial charge is 0.480 e. The molecule has 0 unspecified atom stereocenters. The summed E-state index contributed by atoms with van der Waals surface area (Å²) in [6.07, 6.45) is 0. The third-order valence-corrected chi connectivity index (χ3v) is 3.48. The van der Waals surface area contributed by atoms with Crippen molar-refractivity contribution in [3.8, 4) is 0 Å². The number of nitrogens with two attached hydrogens (primary N) is 5. The summed E-state index contributed by atoms with van der Waals surface area (Å²) in [6, 6.07) is -2.97. The quantitative estimate of drug-likeness (QED) is 0.153. The van der Waals surface area contributed by atoms with Crippen molar-refractivity contribution in [1.29, 1.82) is 0 Å². The summed E-state index contributed by atoms with van der Waals surface area (Å²) in [4.78, 5) is 48.6. The van der Waals surface area contributed by atoms with E-state index in [1.54, 1.807) is 27.7 Å². The molecule has 0 rings (SSSR count). The monoisotopic (exact) mass is 519 g/mol. The first-order valence-electron chi connectivity index (χ1n) is 9.67. The maximum atomic E-state index is 10.0. The van der Waals surface area contributed by atoms with Crippen LogP contribution in [0.25, 0.3) is 0 Å². The molecule has 0 saturated heterocycles. The molecule has 0 saturated carbocycles. The molecule has 0 amide bonds. The van der Waals surface area contributed by atoms with E-state index in [1.807, 2.05) is 0 Å². The summed E-state index contributed by atoms with van der Waals surface area (Å²) >= 11 is 3.65. The lowest BCUT2D eigenvalue weighted by molar-refractivity contribution is -0.140. The second kappa shape index (κ2) is 25.1. The van der Waals surface area contributed by atoms with Gasteiger partial charge >= 0.3 is 29.8 Å². The molecule has 0 aromatic rings. The fraction of sp³-hybridized carbons (Fsp3) is 0.722. The van der Waals surface area contributed by atoms with Crippen molar-refractivity contribution in [1.82, 2.24) is 0 Å². The Labute approximate surface area is 204 Å². The average molecular weight is 520 g/mol. The first kappa shape index (κ1) is 41.7. The maximum absolute atomic E-state index is 10.0. The lowest BCUT2D eigenvalue weighted by Gasteiger charge is -2.07. The Morgan fingerprint density at radius 2 is 0.882 bits per heavy atom. The number of carboxylic acid groups (broad SMARTS) is 5. The van der Waals surface area contributed by atoms with Crippen LogP contribution in [0.3, 0.4) is 0 Å². The highest BCUT2D eigenvalue weighted by atomic mass is 32.1. The van der Waals surface area contributed by atoms with Gasteiger partial charge in [0.2, 0.25) is 0 Å². The van der Waals surface area contributed by atoms with Gasteiger partial charge < -0.3 is 54.2 Å². The number of carbonyl (C=O) groups is 5. The van der Waals surface area contributed by atoms with Gasteiger partial charge in [-0.3, -0.25) is 24.0 Å². The molecule has 15 N–H and O–H groups in total. The van der Waals surface area contributed by atoms with Crippen molar-refractivity contribution in [2.45, 2.75) is 58.8 Å². The summed E-state index contributed by atoms with van der Waals surface area (Å²) in [5.74, 6) is -4.56. The Balaban J connectivity index is -0.000000104. The molecule has 16 heteroatoms. The van der Waals surface area contributed by atoms with Crippen LogP contribution < -0.4 is 28.7 Å². The van der Waals surface area contributed by atoms with Gasteiger partial charge in [-0.2, -0.15) is 12.6 Å². The van der Waals surface area contributed by atoms with Crippen LogP contribution in [0, 0.1) is 11.8 Å². The minimum Gasteiger partial charge on any atom is -0.480 e. The molecule has 204 valence electrons. The van der Waals surface area contributed by atoms with E-state index >= 15 is 0 Å². The summed E-state index contributed by atoms with van der Waals surface area (Å²) in [6.45, 7) is 8.25. The van der Waals surface area contributed by atoms with E-state index in [2.05, 4.69) is 18.4 Å². The predicted octanol–water partition coefficient (Wildman–Crippen LogP) is -2.12. The van der Waals surface area contributed by atoms with Crippen molar-refractivity contribution in [3.05, 3.63) is 0 Å². The van der Waals surface area contributed by atoms with Gasteiger partial charge in [-0.15, -0.1) is 0 Å². The number of rotatable bonds is 8. The minimum atomic E-state index is -1.00. The number of carboxylic acids is 5. The molecule has 0 bridgehead atoms. The van der Waals surface area contributed by atoms with Crippen LogP contribution >= 0.6 is 12.6 Å². The van der Waals surface area contributed by atoms with Crippen molar-refractivity contribution in [2.24, 2.45) is 40.5 Å². The van der Waals surface area contributed by atoms with Gasteiger partial charge in [-0.25, -0.2) is 0 Å². The Morgan fingerprint density at radius 3 is 0.882 bits per heavy atom. The Morgan fingerprint density at radius 1 is 0.647 bits per heavy atom. The molecule has 34 heavy (non-hydrogen) atoms. The van der Waals surface area contributed by atoms with E-state index in [0.29, 0.717) is 0 Å². The van der Waals surface area contributed by atoms with Crippen molar-refractivity contribution < 1.29 is 49.5 Å². The summed E-state index contributed by atoms with van der Waals surface area (Å²) in [5, 5.41) is 39.9. The lowest BCUT2D eigenvalue weighted by atomic mass is 10.1. The Hall–Kier alpha value is -2.50. The molecular weight excluding hydrogens is 478 g/mol. The van der Waals surface area contributed by atoms with Gasteiger partial charge in [-0.1, -0.05) is 27.7 Å². The predicted molar refractivity (Wildman–Crippen MR) is 128 cm³/mol. The van der Waals surface area contributed by atoms with Crippen LogP contribution in [-0.2, 0) is 24.0 Å². The van der Waals surface area contributed by atoms with Crippen molar-refractivity contribution in [2.75, 3.05) is 12.3 Å². The average Bonchev–Trinajstić information content (AvgIpc) is 2.72. The molecular formula is C18H41N5O10S. The van der Waals surface area contributed by atoms with E-state index in [9.17, 15) is 24.0 Å². The van der Waals surface area contributed by atoms with Crippen LogP contribution in [0.15, 0.2) is 0 Å². The maximum Gasteiger partial charge on any atom is 0.321 e. The van der Waals surface area contributed by atoms with E-state index in [-0.39, 0.29) is 24.1 Å². The van der Waals surface area contributed by atoms with Gasteiger partial charge in [0.15, 0.2) is 0 Å². The summed E-state index contributed by atoms with van der Waals surface area (Å²) < 4.78 is 0. The molecule has 0 aromatic carbocycles. The lowest BCUT2D eigenvalue weighted by Crippen LogP contribution is -2.34. The molecule has 0 heterocycles. The van der Waals surface area contributed by atoms with Crippen molar-refractivity contribution >= 4 is 42.5 Å². The Kier molecular flexibility index (Phi) is 30.8. The first-order valence-corrected chi connectivity index (χ1v) is 10.3. The topological polar surface area (TPSA) is 317 Å². The SMILES string of the molecule is CC(C)[C@H](N)C(=O)O.CC(C)[C@H](N)C(=O)O.C[C@H](N)C(=O)O.NCC(=O)O.N[C@@H](CS)C(=O)O. The normalized spacial score (nSPS) is 12.9. The fourth-order valence-electron chi connectivity index (χ4n) is 0.648. The standard InChI is InChI=1S/2C5H11NO2.C3H7NO2S.C3H7NO2.C2H5NO2/c2*1-3(2)4(6)5(7)8;4-2(1-7)3(5)6;1-2(4)3(5)6;3-1-2(4)5/h2*3-4H,6H2,1-2H3,(H,7,8);2,7H,1,4H2,(H,5,6);2H,4H2,1H3,(H,5,6);1,3H2,(H,4,5)/t2*4-;2*2-;/m0000./s1. The van der Waals surface area contributed by atoms with E-state index in [1.165, 1.54) is 6.92 Å². The zero-order valence-corrected chi connectivity index (χ0v) is 20.9. The highest BCUT2D eigenvalue weighted by Gasteiger charge is 2.15. The van der Waals surface area contributed by atoms with Crippen LogP contribution in [0.5, 0.6) is 0 Å². The fourth-order valence-corrected chi connectivity index (χ4v) is 0.805. The number of hydrogen-bond acceptors (Lipinski definition) is 11. The molecule has 4 atom stereocenters. The van der Waals surface area contributed by atoms with E-state index in [0.717, 1.165) is 0 Å². The third kappa shape index (κ3) is 36.8. The molecule has 0 spiro atoms. The van der Waals surface area contributed by atoms with Gasteiger partial charge in [0, 0.05) is 5.75 Å². The zero-order chi connectivity index (χ0) is 28.8. The van der Waals surface area contributed by atoms with Crippen LogP contribution in [0.2, 0.25) is 0 Å². The molecule has 0 aromatic heterocycles. The number of hydrogen-bond donors (Lipinski definition) is 11. The van der Waals surface area contributed by atoms with E-state index in [4.69, 9.17) is 48.5 Å². The van der Waals surface area contributed by atoms with Crippen LogP contribution in [-0.4, -0.2) is 91.8 Å². The van der Waals surface area contributed by atoms with Crippen LogP contribution in [0.1, 0.15) is 34.6 Å². The van der Waals surface area contributed by atoms with Crippen molar-refractivity contribution in [3.63, 3.8) is 0 Å². The number of aliphatic carboxylic acids is 5. The zero-order valence-electron chi connectivity index (χ0n) is 20.0. The van der Waals surface area contributed by atoms with E-state index < -0.39 is 54.0 Å². The Bertz CT molecular complexity index is 567. The summed E-state index contributed by atoms with van der Waals surface area (Å²) in [5.41, 5.74) is 24.7. The number of thiol groups is 1. The molecule has 0 aliphatic carbocycles. The molecule has 15 nitrogen and oxygen atoms in total. The second-order valence-corrected chi connectivity index (χ2v) is 7.43. The highest BCUT2D eigenvalue weighted by Crippen LogP contribution is 1.96. The smallest absolute Gasteiger partial charge is 0.321 e. The van der Waals surface area contributed by atoms with Gasteiger partial charge in [0.05, 0.1) is 6.54 Å².